The van der Waals surface area contributed by atoms with E-state index in [9.17, 15) is 9.18 Å². The van der Waals surface area contributed by atoms with E-state index in [0.29, 0.717) is 17.7 Å². The maximum atomic E-state index is 14.1. The molecule has 0 unspecified atom stereocenters. The molecule has 27 heavy (non-hydrogen) atoms. The summed E-state index contributed by atoms with van der Waals surface area (Å²) in [7, 11) is 0. The second-order valence-electron chi connectivity index (χ2n) is 6.80. The van der Waals surface area contributed by atoms with Gasteiger partial charge in [0.25, 0.3) is 5.91 Å². The predicted molar refractivity (Wildman–Crippen MR) is 102 cm³/mol. The van der Waals surface area contributed by atoms with Crippen LogP contribution in [-0.2, 0) is 6.54 Å². The molecular weight excluding hydrogens is 343 g/mol. The number of aromatic nitrogens is 2. The first-order chi connectivity index (χ1) is 13.2. The lowest BCUT2D eigenvalue weighted by atomic mass is 10.0. The molecule has 0 aliphatic carbocycles. The first kappa shape index (κ1) is 17.4. The van der Waals surface area contributed by atoms with E-state index in [2.05, 4.69) is 15.7 Å². The van der Waals surface area contributed by atoms with Crippen molar-refractivity contribution in [3.63, 3.8) is 0 Å². The van der Waals surface area contributed by atoms with E-state index in [4.69, 9.17) is 0 Å². The minimum atomic E-state index is -0.432. The Hall–Kier alpha value is -2.99. The summed E-state index contributed by atoms with van der Waals surface area (Å²) in [6.45, 7) is 2.28. The molecule has 0 spiro atoms. The molecule has 1 aliphatic heterocycles. The van der Waals surface area contributed by atoms with Crippen LogP contribution in [0.2, 0.25) is 0 Å². The lowest BCUT2D eigenvalue weighted by molar-refractivity contribution is 0.0939. The van der Waals surface area contributed by atoms with Crippen LogP contribution in [0.15, 0.2) is 60.9 Å². The Balaban J connectivity index is 1.53. The third-order valence-electron chi connectivity index (χ3n) is 4.71. The summed E-state index contributed by atoms with van der Waals surface area (Å²) in [5.74, 6) is -0.681. The van der Waals surface area contributed by atoms with Crippen LogP contribution < -0.4 is 10.6 Å². The van der Waals surface area contributed by atoms with Gasteiger partial charge in [0.2, 0.25) is 0 Å². The second-order valence-corrected chi connectivity index (χ2v) is 6.80. The van der Waals surface area contributed by atoms with Crippen LogP contribution in [0, 0.1) is 5.82 Å². The van der Waals surface area contributed by atoms with Gasteiger partial charge in [-0.25, -0.2) is 4.39 Å². The number of carbonyl (C=O) groups is 1. The second kappa shape index (κ2) is 7.72. The van der Waals surface area contributed by atoms with Gasteiger partial charge < -0.3 is 10.6 Å². The van der Waals surface area contributed by atoms with Gasteiger partial charge in [-0.2, -0.15) is 5.10 Å². The largest absolute Gasteiger partial charge is 0.348 e. The van der Waals surface area contributed by atoms with Crippen LogP contribution >= 0.6 is 0 Å². The molecule has 0 saturated carbocycles. The zero-order valence-electron chi connectivity index (χ0n) is 14.9. The third-order valence-corrected chi connectivity index (χ3v) is 4.71. The molecule has 4 rings (SSSR count). The fraction of sp³-hybridized carbons (Fsp3) is 0.238. The molecule has 1 atom stereocenters. The lowest BCUT2D eigenvalue weighted by Crippen LogP contribution is -2.36. The zero-order chi connectivity index (χ0) is 18.6. The Morgan fingerprint density at radius 1 is 1.22 bits per heavy atom. The number of carbonyl (C=O) groups excluding carboxylic acids is 1. The summed E-state index contributed by atoms with van der Waals surface area (Å²) in [5.41, 5.74) is 2.88. The molecule has 3 aromatic rings. The highest BCUT2D eigenvalue weighted by molar-refractivity contribution is 5.95. The monoisotopic (exact) mass is 364 g/mol. The van der Waals surface area contributed by atoms with Crippen molar-refractivity contribution in [2.75, 3.05) is 13.1 Å². The average molecular weight is 364 g/mol. The molecule has 5 nitrogen and oxygen atoms in total. The summed E-state index contributed by atoms with van der Waals surface area (Å²) < 4.78 is 15.9. The molecular formula is C21H21FN4O. The average Bonchev–Trinajstić information content (AvgIpc) is 3.34. The molecule has 2 heterocycles. The van der Waals surface area contributed by atoms with Gasteiger partial charge in [0.05, 0.1) is 12.7 Å². The summed E-state index contributed by atoms with van der Waals surface area (Å²) in [6, 6.07) is 14.5. The summed E-state index contributed by atoms with van der Waals surface area (Å²) >= 11 is 0. The van der Waals surface area contributed by atoms with E-state index >= 15 is 0 Å². The summed E-state index contributed by atoms with van der Waals surface area (Å²) in [6.07, 6.45) is 4.45. The van der Waals surface area contributed by atoms with Crippen molar-refractivity contribution < 1.29 is 9.18 Å². The van der Waals surface area contributed by atoms with Crippen molar-refractivity contribution in [3.05, 3.63) is 77.9 Å². The maximum Gasteiger partial charge on any atom is 0.251 e. The van der Waals surface area contributed by atoms with Crippen LogP contribution in [0.4, 0.5) is 4.39 Å². The SMILES string of the molecule is O=C(N[C@H]1CCNC1)c1cc(F)cc(-c2cnn(Cc3ccccc3)c2)c1. The van der Waals surface area contributed by atoms with Gasteiger partial charge in [-0.3, -0.25) is 9.48 Å². The normalized spacial score (nSPS) is 16.4. The number of hydrogen-bond donors (Lipinski definition) is 2. The highest BCUT2D eigenvalue weighted by Crippen LogP contribution is 2.22. The van der Waals surface area contributed by atoms with Crippen molar-refractivity contribution in [3.8, 4) is 11.1 Å². The topological polar surface area (TPSA) is 59.0 Å². The lowest BCUT2D eigenvalue weighted by Gasteiger charge is -2.12. The Morgan fingerprint density at radius 3 is 2.85 bits per heavy atom. The fourth-order valence-corrected chi connectivity index (χ4v) is 3.30. The summed E-state index contributed by atoms with van der Waals surface area (Å²) in [5, 5.41) is 10.5. The van der Waals surface area contributed by atoms with Gasteiger partial charge in [-0.05, 0) is 42.3 Å². The first-order valence-electron chi connectivity index (χ1n) is 9.06. The van der Waals surface area contributed by atoms with E-state index < -0.39 is 5.82 Å². The van der Waals surface area contributed by atoms with Gasteiger partial charge in [-0.15, -0.1) is 0 Å². The molecule has 1 aromatic heterocycles. The maximum absolute atomic E-state index is 14.1. The number of amides is 1. The van der Waals surface area contributed by atoms with Crippen LogP contribution in [0.1, 0.15) is 22.3 Å². The number of benzene rings is 2. The smallest absolute Gasteiger partial charge is 0.251 e. The van der Waals surface area contributed by atoms with E-state index in [0.717, 1.165) is 30.6 Å². The first-order valence-corrected chi connectivity index (χ1v) is 9.06. The van der Waals surface area contributed by atoms with Gasteiger partial charge in [0, 0.05) is 29.9 Å². The molecule has 1 amide bonds. The molecule has 2 N–H and O–H groups in total. The van der Waals surface area contributed by atoms with Crippen molar-refractivity contribution in [2.45, 2.75) is 19.0 Å². The van der Waals surface area contributed by atoms with Gasteiger partial charge in [0.15, 0.2) is 0 Å². The Bertz CT molecular complexity index is 932. The van der Waals surface area contributed by atoms with Crippen molar-refractivity contribution in [1.82, 2.24) is 20.4 Å². The van der Waals surface area contributed by atoms with E-state index in [1.807, 2.05) is 36.5 Å². The van der Waals surface area contributed by atoms with E-state index in [1.165, 1.54) is 12.1 Å². The molecule has 0 bridgehead atoms. The Labute approximate surface area is 157 Å². The van der Waals surface area contributed by atoms with E-state index in [-0.39, 0.29) is 11.9 Å². The number of nitrogens with zero attached hydrogens (tertiary/aromatic N) is 2. The standard InChI is InChI=1S/C21H21FN4O/c22-19-9-16(8-17(10-19)21(27)25-20-6-7-23-12-20)18-11-24-26(14-18)13-15-4-2-1-3-5-15/h1-5,8-11,14,20,23H,6-7,12-13H2,(H,25,27)/t20-/m0/s1. The predicted octanol–water partition coefficient (Wildman–Crippen LogP) is 2.83. The van der Waals surface area contributed by atoms with Crippen LogP contribution in [-0.4, -0.2) is 34.8 Å². The van der Waals surface area contributed by atoms with Gasteiger partial charge >= 0.3 is 0 Å². The van der Waals surface area contributed by atoms with Gasteiger partial charge in [-0.1, -0.05) is 30.3 Å². The quantitative estimate of drug-likeness (QED) is 0.732. The van der Waals surface area contributed by atoms with Crippen molar-refractivity contribution in [1.29, 1.82) is 0 Å². The Kier molecular flexibility index (Phi) is 4.98. The Morgan fingerprint density at radius 2 is 2.07 bits per heavy atom. The van der Waals surface area contributed by atoms with E-state index in [1.54, 1.807) is 16.9 Å². The minimum absolute atomic E-state index is 0.0952. The number of rotatable bonds is 5. The highest BCUT2D eigenvalue weighted by Gasteiger charge is 2.18. The van der Waals surface area contributed by atoms with Crippen LogP contribution in [0.3, 0.4) is 0 Å². The summed E-state index contributed by atoms with van der Waals surface area (Å²) in [4.78, 5) is 12.5. The minimum Gasteiger partial charge on any atom is -0.348 e. The van der Waals surface area contributed by atoms with Gasteiger partial charge in [0.1, 0.15) is 5.82 Å². The molecule has 1 fully saturated rings. The number of nitrogens with one attached hydrogen (secondary N) is 2. The van der Waals surface area contributed by atoms with Crippen LogP contribution in [0.5, 0.6) is 0 Å². The molecule has 1 saturated heterocycles. The molecule has 2 aromatic carbocycles. The zero-order valence-corrected chi connectivity index (χ0v) is 14.9. The molecule has 138 valence electrons. The molecule has 0 radical (unpaired) electrons. The number of halogens is 1. The molecule has 1 aliphatic rings. The molecule has 6 heteroatoms. The highest BCUT2D eigenvalue weighted by atomic mass is 19.1. The van der Waals surface area contributed by atoms with Crippen molar-refractivity contribution >= 4 is 5.91 Å². The van der Waals surface area contributed by atoms with Crippen molar-refractivity contribution in [2.24, 2.45) is 0 Å². The number of hydrogen-bond acceptors (Lipinski definition) is 3. The fourth-order valence-electron chi connectivity index (χ4n) is 3.30. The third kappa shape index (κ3) is 4.23. The van der Waals surface area contributed by atoms with Crippen LogP contribution in [0.25, 0.3) is 11.1 Å².